The Kier molecular flexibility index (Phi) is 8.78. The largest absolute Gasteiger partial charge is 0.505 e. The first-order valence-electron chi connectivity index (χ1n) is 10.7. The van der Waals surface area contributed by atoms with E-state index in [1.165, 1.54) is 25.2 Å². The maximum atomic E-state index is 12.0. The SMILES string of the molecule is CN=Nc1ccc2cc(C)c(N=Nc3cc(N(C)c4n[c-]nc(C)n4)ccc3S(=O)(=O)O)c(O)c2c1N.[U]. The standard InChI is InChI=1S/C23H22N9O4S.U/c1-12-9-14-5-7-16(29-25-3)20(24)19(14)22(33)21(12)31-30-17-10-15(6-8-18(17)37(34,35)36)32(4)23-27-11-26-13(2)28-23;/h5-10,33H,24H2,1-4H3,(H,34,35,36);/q-1;. The number of rotatable bonds is 6. The van der Waals surface area contributed by atoms with E-state index in [1.54, 1.807) is 44.0 Å². The summed E-state index contributed by atoms with van der Waals surface area (Å²) in [5.74, 6) is 0.437. The number of anilines is 3. The van der Waals surface area contributed by atoms with E-state index in [2.05, 4.69) is 41.7 Å². The van der Waals surface area contributed by atoms with Crippen LogP contribution in [0.5, 0.6) is 5.75 Å². The van der Waals surface area contributed by atoms with Gasteiger partial charge in [-0.3, -0.25) is 4.55 Å². The Bertz CT molecular complexity index is 1690. The van der Waals surface area contributed by atoms with Crippen molar-refractivity contribution in [1.29, 1.82) is 0 Å². The Morgan fingerprint density at radius 3 is 2.42 bits per heavy atom. The van der Waals surface area contributed by atoms with Crippen molar-refractivity contribution >= 4 is 55.3 Å². The van der Waals surface area contributed by atoms with Crippen molar-refractivity contribution in [3.8, 4) is 5.75 Å². The summed E-state index contributed by atoms with van der Waals surface area (Å²) < 4.78 is 33.8. The van der Waals surface area contributed by atoms with Crippen molar-refractivity contribution in [3.05, 3.63) is 54.1 Å². The maximum absolute atomic E-state index is 12.0. The first-order chi connectivity index (χ1) is 17.5. The Labute approximate surface area is 242 Å². The molecule has 0 saturated carbocycles. The van der Waals surface area contributed by atoms with Crippen molar-refractivity contribution < 1.29 is 49.2 Å². The molecule has 0 fully saturated rings. The Hall–Kier alpha value is -3.51. The van der Waals surface area contributed by atoms with Crippen LogP contribution in [0.25, 0.3) is 10.8 Å². The number of azo groups is 2. The van der Waals surface area contributed by atoms with E-state index in [0.717, 1.165) is 0 Å². The fraction of sp³-hybridized carbons (Fsp3) is 0.174. The average Bonchev–Trinajstić information content (AvgIpc) is 2.84. The molecule has 3 aromatic carbocycles. The molecular formula is C23H22N9O4SU-. The van der Waals surface area contributed by atoms with Gasteiger partial charge in [0.05, 0.1) is 11.1 Å². The van der Waals surface area contributed by atoms with Crippen molar-refractivity contribution in [3.63, 3.8) is 0 Å². The summed E-state index contributed by atoms with van der Waals surface area (Å²) >= 11 is 0. The first-order valence-corrected chi connectivity index (χ1v) is 12.2. The summed E-state index contributed by atoms with van der Waals surface area (Å²) in [6.45, 7) is 3.38. The van der Waals surface area contributed by atoms with Gasteiger partial charge in [0.25, 0.3) is 10.1 Å². The number of fused-ring (bicyclic) bond motifs is 1. The molecule has 0 spiro atoms. The summed E-state index contributed by atoms with van der Waals surface area (Å²) in [7, 11) is -1.50. The van der Waals surface area contributed by atoms with Crippen LogP contribution in [0.1, 0.15) is 11.4 Å². The van der Waals surface area contributed by atoms with E-state index >= 15 is 0 Å². The van der Waals surface area contributed by atoms with Crippen LogP contribution in [0.4, 0.5) is 34.4 Å². The van der Waals surface area contributed by atoms with Gasteiger partial charge in [-0.15, -0.1) is 10.2 Å². The molecule has 0 unspecified atom stereocenters. The molecule has 38 heavy (non-hydrogen) atoms. The third kappa shape index (κ3) is 5.81. The number of aromatic hydroxyl groups is 1. The van der Waals surface area contributed by atoms with E-state index < -0.39 is 15.0 Å². The van der Waals surface area contributed by atoms with Gasteiger partial charge in [-0.25, -0.2) is 0 Å². The van der Waals surface area contributed by atoms with Crippen LogP contribution in [0, 0.1) is 51.3 Å². The Morgan fingerprint density at radius 1 is 1.03 bits per heavy atom. The minimum atomic E-state index is -4.65. The quantitative estimate of drug-likeness (QED) is 0.107. The molecule has 0 aliphatic carbocycles. The monoisotopic (exact) mass is 758 g/mol. The van der Waals surface area contributed by atoms with Crippen LogP contribution in [-0.4, -0.2) is 47.1 Å². The predicted octanol–water partition coefficient (Wildman–Crippen LogP) is 4.87. The molecule has 0 bridgehead atoms. The normalized spacial score (nSPS) is 11.8. The summed E-state index contributed by atoms with van der Waals surface area (Å²) in [5.41, 5.74) is 7.65. The summed E-state index contributed by atoms with van der Waals surface area (Å²) in [4.78, 5) is 13.1. The third-order valence-electron chi connectivity index (χ3n) is 5.46. The number of phenolic OH excluding ortho intramolecular Hbond substituents is 1. The molecule has 0 amide bonds. The summed E-state index contributed by atoms with van der Waals surface area (Å²) in [5, 5.41) is 27.8. The van der Waals surface area contributed by atoms with Gasteiger partial charge in [0.1, 0.15) is 27.9 Å². The minimum Gasteiger partial charge on any atom is -0.505 e. The van der Waals surface area contributed by atoms with Crippen LogP contribution in [-0.2, 0) is 10.1 Å². The second-order valence-electron chi connectivity index (χ2n) is 7.96. The molecule has 15 heteroatoms. The molecule has 0 aliphatic rings. The van der Waals surface area contributed by atoms with E-state index in [-0.39, 0.29) is 59.9 Å². The van der Waals surface area contributed by atoms with Crippen LogP contribution in [0.3, 0.4) is 0 Å². The maximum Gasteiger partial charge on any atom is 0.296 e. The fourth-order valence-electron chi connectivity index (χ4n) is 3.65. The van der Waals surface area contributed by atoms with Crippen molar-refractivity contribution in [1.82, 2.24) is 15.0 Å². The van der Waals surface area contributed by atoms with Gasteiger partial charge in [0, 0.05) is 63.0 Å². The van der Waals surface area contributed by atoms with Gasteiger partial charge in [-0.05, 0) is 48.2 Å². The number of benzene rings is 3. The molecule has 194 valence electrons. The zero-order valence-electron chi connectivity index (χ0n) is 20.7. The smallest absolute Gasteiger partial charge is 0.296 e. The molecule has 0 aliphatic heterocycles. The molecule has 1 aromatic heterocycles. The molecule has 0 saturated heterocycles. The minimum absolute atomic E-state index is 0. The average molecular weight is 759 g/mol. The van der Waals surface area contributed by atoms with E-state index in [4.69, 9.17) is 5.73 Å². The molecular weight excluding hydrogens is 736 g/mol. The van der Waals surface area contributed by atoms with E-state index in [9.17, 15) is 18.1 Å². The number of aromatic nitrogens is 3. The number of hydrogen-bond donors (Lipinski definition) is 3. The van der Waals surface area contributed by atoms with Crippen LogP contribution >= 0.6 is 0 Å². The molecule has 1 heterocycles. The predicted molar refractivity (Wildman–Crippen MR) is 137 cm³/mol. The molecule has 0 radical (unpaired) electrons. The molecule has 4 N–H and O–H groups in total. The van der Waals surface area contributed by atoms with Gasteiger partial charge in [-0.1, -0.05) is 13.0 Å². The number of nitrogens with zero attached hydrogens (tertiary/aromatic N) is 8. The van der Waals surface area contributed by atoms with Gasteiger partial charge in [0.15, 0.2) is 5.75 Å². The number of nitrogen functional groups attached to an aromatic ring is 1. The van der Waals surface area contributed by atoms with Gasteiger partial charge in [0.2, 0.25) is 0 Å². The van der Waals surface area contributed by atoms with Crippen LogP contribution in [0.2, 0.25) is 0 Å². The summed E-state index contributed by atoms with van der Waals surface area (Å²) in [6.07, 6.45) is 2.49. The molecule has 13 nitrogen and oxygen atoms in total. The van der Waals surface area contributed by atoms with Crippen molar-refractivity contribution in [2.75, 3.05) is 24.7 Å². The fourth-order valence-corrected chi connectivity index (χ4v) is 4.26. The number of hydrogen-bond acceptors (Lipinski definition) is 12. The van der Waals surface area contributed by atoms with Crippen LogP contribution < -0.4 is 10.6 Å². The van der Waals surface area contributed by atoms with Gasteiger partial charge in [-0.2, -0.15) is 18.6 Å². The summed E-state index contributed by atoms with van der Waals surface area (Å²) in [6, 6.07) is 9.18. The molecule has 0 atom stereocenters. The van der Waals surface area contributed by atoms with Crippen molar-refractivity contribution in [2.24, 2.45) is 20.5 Å². The van der Waals surface area contributed by atoms with Crippen LogP contribution in [0.15, 0.2) is 61.8 Å². The van der Waals surface area contributed by atoms with E-state index in [1.807, 2.05) is 0 Å². The number of phenols is 1. The zero-order valence-corrected chi connectivity index (χ0v) is 25.7. The Balaban J connectivity index is 0.00000400. The number of aryl methyl sites for hydroxylation is 2. The second-order valence-corrected chi connectivity index (χ2v) is 9.35. The third-order valence-corrected chi connectivity index (χ3v) is 6.36. The van der Waals surface area contributed by atoms with Crippen molar-refractivity contribution in [2.45, 2.75) is 18.7 Å². The number of nitrogens with two attached hydrogens (primary N) is 1. The second kappa shape index (κ2) is 11.5. The van der Waals surface area contributed by atoms with Gasteiger partial charge < -0.3 is 30.7 Å². The topological polar surface area (TPSA) is 192 Å². The molecule has 4 aromatic rings. The zero-order chi connectivity index (χ0) is 26.9. The Morgan fingerprint density at radius 2 is 1.76 bits per heavy atom. The van der Waals surface area contributed by atoms with E-state index in [0.29, 0.717) is 33.5 Å². The van der Waals surface area contributed by atoms with Gasteiger partial charge >= 0.3 is 0 Å². The first kappa shape index (κ1) is 29.1. The molecule has 4 rings (SSSR count).